The lowest BCUT2D eigenvalue weighted by molar-refractivity contribution is 0.523. The van der Waals surface area contributed by atoms with Gasteiger partial charge in [-0.25, -0.2) is 0 Å². The molecule has 0 atom stereocenters. The second kappa shape index (κ2) is 3.85. The Morgan fingerprint density at radius 3 is 2.87 bits per heavy atom. The molecule has 2 rings (SSSR count). The summed E-state index contributed by atoms with van der Waals surface area (Å²) in [6.07, 6.45) is 1.74. The Morgan fingerprint density at radius 1 is 1.33 bits per heavy atom. The van der Waals surface area contributed by atoms with E-state index in [4.69, 9.17) is 0 Å². The molecule has 0 aliphatic rings. The highest BCUT2D eigenvalue weighted by atomic mass is 16.1. The molecule has 0 saturated heterocycles. The summed E-state index contributed by atoms with van der Waals surface area (Å²) in [4.78, 5) is 15.9. The van der Waals surface area contributed by atoms with E-state index >= 15 is 0 Å². The smallest absolute Gasteiger partial charge is 0.251 e. The predicted molar refractivity (Wildman–Crippen MR) is 60.8 cm³/mol. The minimum Gasteiger partial charge on any atom is -0.306 e. The Labute approximate surface area is 88.4 Å². The van der Waals surface area contributed by atoms with Crippen molar-refractivity contribution in [1.82, 2.24) is 9.55 Å². The topological polar surface area (TPSA) is 34.9 Å². The highest BCUT2D eigenvalue weighted by molar-refractivity contribution is 5.73. The molecule has 2 aromatic rings. The Morgan fingerprint density at radius 2 is 2.13 bits per heavy atom. The zero-order chi connectivity index (χ0) is 10.8. The highest BCUT2D eigenvalue weighted by Crippen LogP contribution is 2.09. The first kappa shape index (κ1) is 9.90. The summed E-state index contributed by atoms with van der Waals surface area (Å²) in [6, 6.07) is 7.15. The minimum absolute atomic E-state index is 0.0456. The van der Waals surface area contributed by atoms with Crippen LogP contribution in [0, 0.1) is 5.92 Å². The van der Waals surface area contributed by atoms with Crippen molar-refractivity contribution < 1.29 is 0 Å². The second-order valence-corrected chi connectivity index (χ2v) is 4.08. The normalized spacial score (nSPS) is 11.1. The van der Waals surface area contributed by atoms with E-state index in [-0.39, 0.29) is 5.56 Å². The van der Waals surface area contributed by atoms with Crippen molar-refractivity contribution in [2.45, 2.75) is 20.4 Å². The maximum atomic E-state index is 11.7. The fourth-order valence-electron chi connectivity index (χ4n) is 1.68. The molecule has 0 amide bonds. The van der Waals surface area contributed by atoms with E-state index in [0.717, 1.165) is 17.6 Å². The van der Waals surface area contributed by atoms with Gasteiger partial charge in [0, 0.05) is 18.8 Å². The van der Waals surface area contributed by atoms with Gasteiger partial charge in [0.15, 0.2) is 0 Å². The maximum Gasteiger partial charge on any atom is 0.251 e. The van der Waals surface area contributed by atoms with Crippen LogP contribution in [0.15, 0.2) is 35.3 Å². The van der Waals surface area contributed by atoms with Crippen LogP contribution in [0.4, 0.5) is 0 Å². The van der Waals surface area contributed by atoms with Crippen molar-refractivity contribution in [3.05, 3.63) is 40.8 Å². The van der Waals surface area contributed by atoms with Gasteiger partial charge in [0.1, 0.15) is 0 Å². The molecular formula is C12H14N2O. The van der Waals surface area contributed by atoms with Crippen LogP contribution in [-0.4, -0.2) is 9.55 Å². The summed E-state index contributed by atoms with van der Waals surface area (Å²) in [5.74, 6) is 0.452. The molecule has 0 aliphatic carbocycles. The fraction of sp³-hybridized carbons (Fsp3) is 0.333. The Kier molecular flexibility index (Phi) is 2.54. The Bertz CT molecular complexity index is 528. The van der Waals surface area contributed by atoms with E-state index in [0.29, 0.717) is 5.92 Å². The van der Waals surface area contributed by atoms with E-state index < -0.39 is 0 Å². The van der Waals surface area contributed by atoms with Gasteiger partial charge in [0.05, 0.1) is 11.0 Å². The van der Waals surface area contributed by atoms with Gasteiger partial charge in [-0.3, -0.25) is 9.78 Å². The summed E-state index contributed by atoms with van der Waals surface area (Å²) in [6.45, 7) is 4.94. The number of fused-ring (bicyclic) bond motifs is 1. The first-order chi connectivity index (χ1) is 7.18. The number of nitrogens with zero attached hydrogens (tertiary/aromatic N) is 2. The standard InChI is InChI=1S/C12H14N2O/c1-9(2)8-14-11-4-3-7-13-10(11)5-6-12(14)15/h3-7,9H,8H2,1-2H3. The zero-order valence-corrected chi connectivity index (χ0v) is 8.97. The monoisotopic (exact) mass is 202 g/mol. The Hall–Kier alpha value is -1.64. The zero-order valence-electron chi connectivity index (χ0n) is 8.97. The van der Waals surface area contributed by atoms with Gasteiger partial charge in [0.25, 0.3) is 5.56 Å². The number of rotatable bonds is 2. The molecular weight excluding hydrogens is 188 g/mol. The quantitative estimate of drug-likeness (QED) is 0.747. The number of hydrogen-bond acceptors (Lipinski definition) is 2. The summed E-state index contributed by atoms with van der Waals surface area (Å²) in [5.41, 5.74) is 1.83. The van der Waals surface area contributed by atoms with E-state index in [9.17, 15) is 4.79 Å². The first-order valence-corrected chi connectivity index (χ1v) is 5.13. The van der Waals surface area contributed by atoms with Crippen molar-refractivity contribution in [3.8, 4) is 0 Å². The lowest BCUT2D eigenvalue weighted by Crippen LogP contribution is -2.21. The van der Waals surface area contributed by atoms with Crippen LogP contribution in [0.25, 0.3) is 11.0 Å². The fourth-order valence-corrected chi connectivity index (χ4v) is 1.68. The van der Waals surface area contributed by atoms with Crippen molar-refractivity contribution in [3.63, 3.8) is 0 Å². The molecule has 78 valence electrons. The number of pyridine rings is 2. The SMILES string of the molecule is CC(C)Cn1c(=O)ccc2ncccc21. The van der Waals surface area contributed by atoms with Crippen LogP contribution in [0.2, 0.25) is 0 Å². The van der Waals surface area contributed by atoms with Crippen molar-refractivity contribution in [1.29, 1.82) is 0 Å². The van der Waals surface area contributed by atoms with E-state index in [1.54, 1.807) is 22.9 Å². The van der Waals surface area contributed by atoms with Gasteiger partial charge in [-0.1, -0.05) is 13.8 Å². The number of hydrogen-bond donors (Lipinski definition) is 0. The van der Waals surface area contributed by atoms with E-state index in [1.807, 2.05) is 12.1 Å². The van der Waals surface area contributed by atoms with Crippen LogP contribution in [0.5, 0.6) is 0 Å². The Balaban J connectivity index is 2.68. The molecule has 3 nitrogen and oxygen atoms in total. The molecule has 0 bridgehead atoms. The van der Waals surface area contributed by atoms with E-state index in [1.165, 1.54) is 0 Å². The third-order valence-electron chi connectivity index (χ3n) is 2.30. The van der Waals surface area contributed by atoms with Crippen molar-refractivity contribution in [2.75, 3.05) is 0 Å². The second-order valence-electron chi connectivity index (χ2n) is 4.08. The summed E-state index contributed by atoms with van der Waals surface area (Å²) >= 11 is 0. The largest absolute Gasteiger partial charge is 0.306 e. The van der Waals surface area contributed by atoms with Crippen LogP contribution in [-0.2, 0) is 6.54 Å². The van der Waals surface area contributed by atoms with Gasteiger partial charge in [-0.15, -0.1) is 0 Å². The van der Waals surface area contributed by atoms with Gasteiger partial charge in [0.2, 0.25) is 0 Å². The van der Waals surface area contributed by atoms with Crippen LogP contribution < -0.4 is 5.56 Å². The maximum absolute atomic E-state index is 11.7. The molecule has 0 saturated carbocycles. The molecule has 2 heterocycles. The lowest BCUT2D eigenvalue weighted by Gasteiger charge is -2.11. The molecule has 0 aromatic carbocycles. The molecule has 0 spiro atoms. The summed E-state index contributed by atoms with van der Waals surface area (Å²) < 4.78 is 1.78. The van der Waals surface area contributed by atoms with Crippen LogP contribution in [0.1, 0.15) is 13.8 Å². The average molecular weight is 202 g/mol. The van der Waals surface area contributed by atoms with Crippen LogP contribution >= 0.6 is 0 Å². The predicted octanol–water partition coefficient (Wildman–Crippen LogP) is 2.05. The summed E-state index contributed by atoms with van der Waals surface area (Å²) in [5, 5.41) is 0. The molecule has 3 heteroatoms. The van der Waals surface area contributed by atoms with Gasteiger partial charge in [-0.05, 0) is 24.1 Å². The minimum atomic E-state index is 0.0456. The highest BCUT2D eigenvalue weighted by Gasteiger charge is 2.04. The summed E-state index contributed by atoms with van der Waals surface area (Å²) in [7, 11) is 0. The molecule has 0 N–H and O–H groups in total. The molecule has 0 unspecified atom stereocenters. The molecule has 0 aliphatic heterocycles. The molecule has 15 heavy (non-hydrogen) atoms. The van der Waals surface area contributed by atoms with E-state index in [2.05, 4.69) is 18.8 Å². The third kappa shape index (κ3) is 1.91. The average Bonchev–Trinajstić information content (AvgIpc) is 2.22. The third-order valence-corrected chi connectivity index (χ3v) is 2.30. The van der Waals surface area contributed by atoms with Gasteiger partial charge in [-0.2, -0.15) is 0 Å². The lowest BCUT2D eigenvalue weighted by atomic mass is 10.2. The van der Waals surface area contributed by atoms with Crippen LogP contribution in [0.3, 0.4) is 0 Å². The number of aromatic nitrogens is 2. The molecule has 0 radical (unpaired) electrons. The van der Waals surface area contributed by atoms with Crippen molar-refractivity contribution in [2.24, 2.45) is 5.92 Å². The molecule has 2 aromatic heterocycles. The molecule has 0 fully saturated rings. The van der Waals surface area contributed by atoms with Gasteiger partial charge >= 0.3 is 0 Å². The van der Waals surface area contributed by atoms with Crippen molar-refractivity contribution >= 4 is 11.0 Å². The first-order valence-electron chi connectivity index (χ1n) is 5.13. The van der Waals surface area contributed by atoms with Gasteiger partial charge < -0.3 is 4.57 Å².